The number of nitrogens with one attached hydrogen (secondary N) is 1. The monoisotopic (exact) mass is 281 g/mol. The minimum atomic E-state index is -0.0309. The zero-order valence-electron chi connectivity index (χ0n) is 11.4. The second kappa shape index (κ2) is 6.18. The lowest BCUT2D eigenvalue weighted by molar-refractivity contribution is 0.470. The van der Waals surface area contributed by atoms with Crippen molar-refractivity contribution in [1.29, 1.82) is 0 Å². The highest BCUT2D eigenvalue weighted by Crippen LogP contribution is 2.23. The first-order valence-corrected chi connectivity index (χ1v) is 7.10. The SMILES string of the molecule is CCc1nnsc1C(Cc1ncnn1C(C)C)NN. The number of nitrogens with two attached hydrogens (primary N) is 1. The summed E-state index contributed by atoms with van der Waals surface area (Å²) in [6, 6.07) is 0.248. The molecule has 2 aromatic rings. The second-order valence-electron chi connectivity index (χ2n) is 4.58. The summed E-state index contributed by atoms with van der Waals surface area (Å²) in [5, 5.41) is 8.36. The van der Waals surface area contributed by atoms with Crippen molar-refractivity contribution in [3.63, 3.8) is 0 Å². The molecule has 8 heteroatoms. The maximum Gasteiger partial charge on any atom is 0.138 e. The lowest BCUT2D eigenvalue weighted by atomic mass is 10.1. The average molecular weight is 281 g/mol. The molecule has 0 aliphatic carbocycles. The van der Waals surface area contributed by atoms with Crippen molar-refractivity contribution in [2.24, 2.45) is 5.84 Å². The third-order valence-electron chi connectivity index (χ3n) is 2.96. The van der Waals surface area contributed by atoms with Crippen LogP contribution in [-0.2, 0) is 12.8 Å². The summed E-state index contributed by atoms with van der Waals surface area (Å²) in [5.41, 5.74) is 3.82. The van der Waals surface area contributed by atoms with Crippen LogP contribution in [0.15, 0.2) is 6.33 Å². The van der Waals surface area contributed by atoms with Crippen LogP contribution in [-0.4, -0.2) is 24.4 Å². The Balaban J connectivity index is 2.22. The van der Waals surface area contributed by atoms with Crippen LogP contribution in [0.5, 0.6) is 0 Å². The minimum Gasteiger partial charge on any atom is -0.271 e. The van der Waals surface area contributed by atoms with Crippen molar-refractivity contribution in [1.82, 2.24) is 29.8 Å². The summed E-state index contributed by atoms with van der Waals surface area (Å²) >= 11 is 1.38. The Morgan fingerprint density at radius 3 is 2.89 bits per heavy atom. The molecule has 1 unspecified atom stereocenters. The van der Waals surface area contributed by atoms with Gasteiger partial charge in [0.15, 0.2) is 0 Å². The molecule has 0 amide bonds. The molecule has 2 aromatic heterocycles. The molecule has 0 fully saturated rings. The molecule has 0 aliphatic rings. The maximum atomic E-state index is 5.67. The first-order valence-electron chi connectivity index (χ1n) is 6.33. The Labute approximate surface area is 116 Å². The van der Waals surface area contributed by atoms with Crippen LogP contribution < -0.4 is 11.3 Å². The molecule has 0 saturated heterocycles. The molecule has 0 bridgehead atoms. The predicted molar refractivity (Wildman–Crippen MR) is 73.5 cm³/mol. The Kier molecular flexibility index (Phi) is 4.56. The van der Waals surface area contributed by atoms with Crippen LogP contribution >= 0.6 is 11.5 Å². The highest BCUT2D eigenvalue weighted by atomic mass is 32.1. The minimum absolute atomic E-state index is 0.0309. The molecule has 3 N–H and O–H groups in total. The van der Waals surface area contributed by atoms with Gasteiger partial charge in [0.1, 0.15) is 12.2 Å². The zero-order valence-corrected chi connectivity index (χ0v) is 12.2. The fraction of sp³-hybridized carbons (Fsp3) is 0.636. The van der Waals surface area contributed by atoms with Gasteiger partial charge in [-0.3, -0.25) is 11.3 Å². The number of nitrogens with zero attached hydrogens (tertiary/aromatic N) is 5. The molecule has 0 saturated carbocycles. The van der Waals surface area contributed by atoms with Gasteiger partial charge in [0.05, 0.1) is 16.6 Å². The standard InChI is InChI=1S/C11H19N7S/c1-4-8-11(19-17-16-8)9(15-12)5-10-13-6-14-18(10)7(2)3/h6-7,9,15H,4-5,12H2,1-3H3. The predicted octanol–water partition coefficient (Wildman–Crippen LogP) is 1.02. The summed E-state index contributed by atoms with van der Waals surface area (Å²) < 4.78 is 5.91. The van der Waals surface area contributed by atoms with Crippen LogP contribution in [0.25, 0.3) is 0 Å². The first kappa shape index (κ1) is 14.0. The van der Waals surface area contributed by atoms with Crippen molar-refractivity contribution in [2.75, 3.05) is 0 Å². The number of aryl methyl sites for hydroxylation is 1. The van der Waals surface area contributed by atoms with Gasteiger partial charge in [0.2, 0.25) is 0 Å². The molecule has 2 rings (SSSR count). The van der Waals surface area contributed by atoms with E-state index >= 15 is 0 Å². The third kappa shape index (κ3) is 2.96. The number of hydrogen-bond acceptors (Lipinski definition) is 7. The van der Waals surface area contributed by atoms with Crippen LogP contribution in [0.1, 0.15) is 49.3 Å². The van der Waals surface area contributed by atoms with E-state index in [9.17, 15) is 0 Å². The second-order valence-corrected chi connectivity index (χ2v) is 5.36. The molecule has 2 heterocycles. The highest BCUT2D eigenvalue weighted by Gasteiger charge is 2.20. The van der Waals surface area contributed by atoms with E-state index in [1.54, 1.807) is 6.33 Å². The normalized spacial score (nSPS) is 13.1. The van der Waals surface area contributed by atoms with Gasteiger partial charge >= 0.3 is 0 Å². The molecular formula is C11H19N7S. The van der Waals surface area contributed by atoms with E-state index in [2.05, 4.69) is 45.9 Å². The Hall–Kier alpha value is -1.38. The van der Waals surface area contributed by atoms with Crippen LogP contribution in [0.3, 0.4) is 0 Å². The smallest absolute Gasteiger partial charge is 0.138 e. The Morgan fingerprint density at radius 2 is 2.26 bits per heavy atom. The summed E-state index contributed by atoms with van der Waals surface area (Å²) in [6.07, 6.45) is 3.10. The number of hydrogen-bond donors (Lipinski definition) is 2. The maximum absolute atomic E-state index is 5.67. The van der Waals surface area contributed by atoms with Gasteiger partial charge in [0, 0.05) is 12.5 Å². The highest BCUT2D eigenvalue weighted by molar-refractivity contribution is 7.05. The zero-order chi connectivity index (χ0) is 13.8. The Morgan fingerprint density at radius 1 is 1.47 bits per heavy atom. The van der Waals surface area contributed by atoms with Crippen molar-refractivity contribution in [2.45, 2.75) is 45.7 Å². The van der Waals surface area contributed by atoms with E-state index in [1.807, 2.05) is 4.68 Å². The average Bonchev–Trinajstić information content (AvgIpc) is 3.04. The molecule has 0 radical (unpaired) electrons. The van der Waals surface area contributed by atoms with E-state index in [-0.39, 0.29) is 12.1 Å². The number of hydrazine groups is 1. The number of rotatable bonds is 6. The van der Waals surface area contributed by atoms with Gasteiger partial charge in [0.25, 0.3) is 0 Å². The van der Waals surface area contributed by atoms with Gasteiger partial charge < -0.3 is 0 Å². The first-order chi connectivity index (χ1) is 9.17. The Bertz CT molecular complexity index is 519. The summed E-state index contributed by atoms with van der Waals surface area (Å²) in [6.45, 7) is 6.22. The van der Waals surface area contributed by atoms with Crippen molar-refractivity contribution in [3.8, 4) is 0 Å². The van der Waals surface area contributed by atoms with E-state index in [0.29, 0.717) is 6.42 Å². The van der Waals surface area contributed by atoms with E-state index in [0.717, 1.165) is 22.8 Å². The van der Waals surface area contributed by atoms with Crippen LogP contribution in [0.4, 0.5) is 0 Å². The van der Waals surface area contributed by atoms with Crippen molar-refractivity contribution < 1.29 is 0 Å². The fourth-order valence-corrected chi connectivity index (χ4v) is 2.78. The van der Waals surface area contributed by atoms with Gasteiger partial charge in [-0.2, -0.15) is 5.10 Å². The molecule has 7 nitrogen and oxygen atoms in total. The topological polar surface area (TPSA) is 94.5 Å². The quantitative estimate of drug-likeness (QED) is 0.606. The number of aromatic nitrogens is 5. The van der Waals surface area contributed by atoms with Gasteiger partial charge in [-0.25, -0.2) is 9.67 Å². The lowest BCUT2D eigenvalue weighted by Gasteiger charge is -2.16. The van der Waals surface area contributed by atoms with Crippen molar-refractivity contribution >= 4 is 11.5 Å². The summed E-state index contributed by atoms with van der Waals surface area (Å²) in [5.74, 6) is 6.58. The van der Waals surface area contributed by atoms with E-state index < -0.39 is 0 Å². The summed E-state index contributed by atoms with van der Waals surface area (Å²) in [4.78, 5) is 5.38. The van der Waals surface area contributed by atoms with Gasteiger partial charge in [-0.15, -0.1) is 5.10 Å². The van der Waals surface area contributed by atoms with Crippen LogP contribution in [0, 0.1) is 0 Å². The molecule has 104 valence electrons. The lowest BCUT2D eigenvalue weighted by Crippen LogP contribution is -2.30. The molecule has 0 spiro atoms. The van der Waals surface area contributed by atoms with Gasteiger partial charge in [-0.1, -0.05) is 11.4 Å². The molecule has 1 atom stereocenters. The van der Waals surface area contributed by atoms with E-state index in [1.165, 1.54) is 11.5 Å². The molecule has 0 aromatic carbocycles. The van der Waals surface area contributed by atoms with E-state index in [4.69, 9.17) is 5.84 Å². The largest absolute Gasteiger partial charge is 0.271 e. The fourth-order valence-electron chi connectivity index (χ4n) is 1.99. The van der Waals surface area contributed by atoms with Crippen LogP contribution in [0.2, 0.25) is 0 Å². The van der Waals surface area contributed by atoms with Gasteiger partial charge in [-0.05, 0) is 31.8 Å². The third-order valence-corrected chi connectivity index (χ3v) is 3.84. The molecule has 19 heavy (non-hydrogen) atoms. The molecule has 0 aliphatic heterocycles. The van der Waals surface area contributed by atoms with Crippen molar-refractivity contribution in [3.05, 3.63) is 22.7 Å². The summed E-state index contributed by atoms with van der Waals surface area (Å²) in [7, 11) is 0. The molecular weight excluding hydrogens is 262 g/mol.